The van der Waals surface area contributed by atoms with Crippen molar-refractivity contribution in [1.82, 2.24) is 0 Å². The number of halogens is 3. The topological polar surface area (TPSA) is 41.3 Å². The summed E-state index contributed by atoms with van der Waals surface area (Å²) in [6, 6.07) is 6.58. The maximum atomic E-state index is 12.8. The van der Waals surface area contributed by atoms with E-state index in [0.717, 1.165) is 42.2 Å². The van der Waals surface area contributed by atoms with Crippen LogP contribution in [0.2, 0.25) is 0 Å². The van der Waals surface area contributed by atoms with E-state index in [9.17, 15) is 13.2 Å². The monoisotopic (exact) mass is 383 g/mol. The van der Waals surface area contributed by atoms with Gasteiger partial charge in [-0.2, -0.15) is 13.2 Å². The van der Waals surface area contributed by atoms with Crippen LogP contribution in [-0.4, -0.2) is 31.9 Å². The molecule has 6 heteroatoms. The quantitative estimate of drug-likeness (QED) is 0.744. The molecule has 1 aromatic carbocycles. The Morgan fingerprint density at radius 3 is 2.33 bits per heavy atom. The van der Waals surface area contributed by atoms with Crippen LogP contribution in [0.15, 0.2) is 18.2 Å². The van der Waals surface area contributed by atoms with Crippen molar-refractivity contribution in [2.75, 3.05) is 29.9 Å². The van der Waals surface area contributed by atoms with Crippen LogP contribution < -0.4 is 16.0 Å². The lowest BCUT2D eigenvalue weighted by Crippen LogP contribution is -2.39. The number of nitrogens with two attached hydrogens (primary N) is 1. The molecule has 1 aliphatic carbocycles. The number of hydrogen-bond donors (Lipinski definition) is 2. The lowest BCUT2D eigenvalue weighted by Gasteiger charge is -2.34. The molecule has 0 spiro atoms. The Bertz CT molecular complexity index is 601. The van der Waals surface area contributed by atoms with Crippen LogP contribution in [0.25, 0.3) is 0 Å². The average Bonchev–Trinajstić information content (AvgIpc) is 2.64. The lowest BCUT2D eigenvalue weighted by molar-refractivity contribution is -0.179. The Kier molecular flexibility index (Phi) is 6.56. The van der Waals surface area contributed by atoms with E-state index in [0.29, 0.717) is 19.1 Å². The summed E-state index contributed by atoms with van der Waals surface area (Å²) in [6.45, 7) is 3.96. The van der Waals surface area contributed by atoms with Gasteiger partial charge in [0.25, 0.3) is 0 Å². The first-order valence-corrected chi connectivity index (χ1v) is 10.2. The van der Waals surface area contributed by atoms with Gasteiger partial charge in [-0.05, 0) is 81.5 Å². The van der Waals surface area contributed by atoms with Crippen molar-refractivity contribution in [3.8, 4) is 0 Å². The zero-order valence-electron chi connectivity index (χ0n) is 16.2. The number of nitrogens with one attached hydrogen (secondary N) is 1. The van der Waals surface area contributed by atoms with Crippen LogP contribution >= 0.6 is 0 Å². The molecular formula is C21H32F3N3. The van der Waals surface area contributed by atoms with Gasteiger partial charge in [-0.25, -0.2) is 0 Å². The maximum absolute atomic E-state index is 12.8. The summed E-state index contributed by atoms with van der Waals surface area (Å²) < 4.78 is 38.5. The molecule has 3 rings (SSSR count). The number of anilines is 2. The molecule has 1 aliphatic heterocycles. The molecule has 1 heterocycles. The van der Waals surface area contributed by atoms with Crippen LogP contribution in [0.1, 0.15) is 50.5 Å². The van der Waals surface area contributed by atoms with Crippen molar-refractivity contribution < 1.29 is 13.2 Å². The van der Waals surface area contributed by atoms with Crippen molar-refractivity contribution in [2.45, 2.75) is 64.1 Å². The molecule has 2 fully saturated rings. The number of nitrogens with zero attached hydrogens (tertiary/aromatic N) is 1. The summed E-state index contributed by atoms with van der Waals surface area (Å²) in [7, 11) is 0. The summed E-state index contributed by atoms with van der Waals surface area (Å²) in [6.07, 6.45) is 2.23. The van der Waals surface area contributed by atoms with Crippen LogP contribution in [-0.2, 0) is 0 Å². The highest BCUT2D eigenvalue weighted by Crippen LogP contribution is 2.36. The molecule has 1 saturated carbocycles. The zero-order valence-corrected chi connectivity index (χ0v) is 16.2. The summed E-state index contributed by atoms with van der Waals surface area (Å²) in [4.78, 5) is 2.07. The van der Waals surface area contributed by atoms with Gasteiger partial charge in [-0.15, -0.1) is 0 Å². The number of rotatable bonds is 5. The van der Waals surface area contributed by atoms with Gasteiger partial charge < -0.3 is 16.0 Å². The minimum Gasteiger partial charge on any atom is -0.385 e. The van der Waals surface area contributed by atoms with E-state index in [2.05, 4.69) is 29.3 Å². The van der Waals surface area contributed by atoms with Gasteiger partial charge >= 0.3 is 6.18 Å². The average molecular weight is 384 g/mol. The Morgan fingerprint density at radius 2 is 1.74 bits per heavy atom. The number of piperidine rings is 1. The van der Waals surface area contributed by atoms with Gasteiger partial charge in [0, 0.05) is 37.1 Å². The van der Waals surface area contributed by atoms with Crippen LogP contribution in [0.4, 0.5) is 24.5 Å². The Morgan fingerprint density at radius 1 is 1.07 bits per heavy atom. The summed E-state index contributed by atoms with van der Waals surface area (Å²) in [5.74, 6) is -0.378. The number of aryl methyl sites for hydroxylation is 1. The number of alkyl halides is 3. The molecule has 0 bridgehead atoms. The van der Waals surface area contributed by atoms with E-state index >= 15 is 0 Å². The van der Waals surface area contributed by atoms with E-state index in [1.54, 1.807) is 0 Å². The largest absolute Gasteiger partial charge is 0.391 e. The molecule has 27 heavy (non-hydrogen) atoms. The highest BCUT2D eigenvalue weighted by molar-refractivity contribution is 5.60. The smallest absolute Gasteiger partial charge is 0.385 e. The summed E-state index contributed by atoms with van der Waals surface area (Å²) in [5, 5.41) is 3.53. The number of hydrogen-bond acceptors (Lipinski definition) is 3. The molecule has 0 unspecified atom stereocenters. The lowest BCUT2D eigenvalue weighted by atomic mass is 9.84. The van der Waals surface area contributed by atoms with Crippen molar-refractivity contribution in [1.29, 1.82) is 0 Å². The van der Waals surface area contributed by atoms with Gasteiger partial charge in [0.05, 0.1) is 5.92 Å². The van der Waals surface area contributed by atoms with Crippen molar-refractivity contribution >= 4 is 11.4 Å². The summed E-state index contributed by atoms with van der Waals surface area (Å²) >= 11 is 0. The molecule has 3 N–H and O–H groups in total. The molecule has 1 aromatic rings. The molecule has 0 amide bonds. The Labute approximate surface area is 160 Å². The van der Waals surface area contributed by atoms with E-state index in [-0.39, 0.29) is 12.8 Å². The first kappa shape index (κ1) is 20.3. The molecule has 0 aromatic heterocycles. The van der Waals surface area contributed by atoms with Gasteiger partial charge in [0.15, 0.2) is 0 Å². The molecule has 152 valence electrons. The van der Waals surface area contributed by atoms with Crippen LogP contribution in [0, 0.1) is 18.8 Å². The van der Waals surface area contributed by atoms with Gasteiger partial charge in [0.2, 0.25) is 0 Å². The predicted octanol–water partition coefficient (Wildman–Crippen LogP) is 5.09. The predicted molar refractivity (Wildman–Crippen MR) is 105 cm³/mol. The SMILES string of the molecule is Cc1cc(N2CCC(C(F)(F)F)CC2)ccc1NCCC1CCC(N)CC1. The third-order valence-corrected chi connectivity index (χ3v) is 6.29. The zero-order chi connectivity index (χ0) is 19.4. The first-order chi connectivity index (χ1) is 12.8. The third-order valence-electron chi connectivity index (χ3n) is 6.29. The minimum atomic E-state index is -4.06. The van der Waals surface area contributed by atoms with E-state index in [4.69, 9.17) is 5.73 Å². The Balaban J connectivity index is 1.48. The van der Waals surface area contributed by atoms with Crippen molar-refractivity contribution in [3.63, 3.8) is 0 Å². The van der Waals surface area contributed by atoms with Crippen molar-refractivity contribution in [3.05, 3.63) is 23.8 Å². The van der Waals surface area contributed by atoms with E-state index < -0.39 is 12.1 Å². The first-order valence-electron chi connectivity index (χ1n) is 10.2. The van der Waals surface area contributed by atoms with Crippen LogP contribution in [0.5, 0.6) is 0 Å². The van der Waals surface area contributed by atoms with Crippen LogP contribution in [0.3, 0.4) is 0 Å². The second-order valence-corrected chi connectivity index (χ2v) is 8.30. The minimum absolute atomic E-state index is 0.188. The third kappa shape index (κ3) is 5.53. The normalized spacial score (nSPS) is 24.9. The van der Waals surface area contributed by atoms with Gasteiger partial charge in [-0.3, -0.25) is 0 Å². The molecule has 0 atom stereocenters. The highest BCUT2D eigenvalue weighted by atomic mass is 19.4. The fourth-order valence-corrected chi connectivity index (χ4v) is 4.40. The van der Waals surface area contributed by atoms with E-state index in [1.807, 2.05) is 6.07 Å². The molecular weight excluding hydrogens is 351 g/mol. The van der Waals surface area contributed by atoms with Gasteiger partial charge in [-0.1, -0.05) is 0 Å². The fourth-order valence-electron chi connectivity index (χ4n) is 4.40. The standard InChI is InChI=1S/C21H32F3N3/c1-15-14-19(27-12-9-17(10-13-27)21(22,23)24)6-7-20(15)26-11-8-16-2-4-18(25)5-3-16/h6-7,14,16-18,26H,2-5,8-13,25H2,1H3. The van der Waals surface area contributed by atoms with Crippen molar-refractivity contribution in [2.24, 2.45) is 17.6 Å². The van der Waals surface area contributed by atoms with Gasteiger partial charge in [0.1, 0.15) is 0 Å². The molecule has 3 nitrogen and oxygen atoms in total. The molecule has 1 saturated heterocycles. The number of benzene rings is 1. The highest BCUT2D eigenvalue weighted by Gasteiger charge is 2.41. The molecule has 0 radical (unpaired) electrons. The second kappa shape index (κ2) is 8.72. The second-order valence-electron chi connectivity index (χ2n) is 8.30. The van der Waals surface area contributed by atoms with E-state index in [1.165, 1.54) is 19.3 Å². The summed E-state index contributed by atoms with van der Waals surface area (Å²) in [5.41, 5.74) is 9.26. The molecule has 2 aliphatic rings. The maximum Gasteiger partial charge on any atom is 0.391 e. The fraction of sp³-hybridized carbons (Fsp3) is 0.714. The Hall–Kier alpha value is -1.43.